The molecule has 27 heavy (non-hydrogen) atoms. The molecular formula is C20H17ClN2O3S. The Hall–Kier alpha value is -2.57. The van der Waals surface area contributed by atoms with E-state index in [1.165, 1.54) is 6.07 Å². The summed E-state index contributed by atoms with van der Waals surface area (Å²) < 4.78 is 0. The van der Waals surface area contributed by atoms with Gasteiger partial charge in [-0.1, -0.05) is 41.6 Å². The number of nitrogens with one attached hydrogen (secondary N) is 2. The van der Waals surface area contributed by atoms with Gasteiger partial charge in [-0.3, -0.25) is 14.4 Å². The fourth-order valence-corrected chi connectivity index (χ4v) is 3.40. The van der Waals surface area contributed by atoms with Gasteiger partial charge in [0.25, 0.3) is 5.91 Å². The standard InChI is InChI=1S/C20H17ClN2O3S/c1-27-20(26)17(23-19(25)12-6-8-14(21)9-7-12)10-13-11-18(24)22-16-5-3-2-4-15(13)16/h2-9,11,17H,10H2,1H3,(H,22,24)(H,23,25). The molecule has 3 rings (SSSR count). The molecular weight excluding hydrogens is 384 g/mol. The van der Waals surface area contributed by atoms with Crippen LogP contribution in [0.3, 0.4) is 0 Å². The predicted octanol–water partition coefficient (Wildman–Crippen LogP) is 3.41. The molecule has 0 aliphatic heterocycles. The number of carbonyl (C=O) groups excluding carboxylic acids is 2. The summed E-state index contributed by atoms with van der Waals surface area (Å²) in [6.45, 7) is 0. The Labute approximate surface area is 165 Å². The number of aromatic amines is 1. The molecule has 0 saturated carbocycles. The minimum atomic E-state index is -0.756. The number of benzene rings is 2. The van der Waals surface area contributed by atoms with Gasteiger partial charge in [0, 0.05) is 34.0 Å². The third-order valence-electron chi connectivity index (χ3n) is 4.16. The lowest BCUT2D eigenvalue weighted by Crippen LogP contribution is -2.41. The Morgan fingerprint density at radius 2 is 1.85 bits per heavy atom. The Kier molecular flexibility index (Phi) is 5.98. The molecule has 2 aromatic carbocycles. The van der Waals surface area contributed by atoms with Crippen molar-refractivity contribution in [3.63, 3.8) is 0 Å². The molecule has 0 radical (unpaired) electrons. The van der Waals surface area contributed by atoms with Gasteiger partial charge in [-0.05, 0) is 42.2 Å². The van der Waals surface area contributed by atoms with E-state index in [1.807, 2.05) is 18.2 Å². The van der Waals surface area contributed by atoms with Gasteiger partial charge >= 0.3 is 0 Å². The van der Waals surface area contributed by atoms with Crippen molar-refractivity contribution >= 4 is 45.3 Å². The molecule has 0 fully saturated rings. The summed E-state index contributed by atoms with van der Waals surface area (Å²) in [7, 11) is 0. The largest absolute Gasteiger partial charge is 0.341 e. The molecule has 1 amide bonds. The van der Waals surface area contributed by atoms with Crippen LogP contribution in [0.15, 0.2) is 59.4 Å². The molecule has 0 aliphatic carbocycles. The molecule has 138 valence electrons. The highest BCUT2D eigenvalue weighted by Gasteiger charge is 2.22. The van der Waals surface area contributed by atoms with Crippen LogP contribution in [-0.4, -0.2) is 28.3 Å². The summed E-state index contributed by atoms with van der Waals surface area (Å²) in [4.78, 5) is 39.7. The first-order chi connectivity index (χ1) is 13.0. The summed E-state index contributed by atoms with van der Waals surface area (Å²) in [6.07, 6.45) is 1.89. The first-order valence-corrected chi connectivity index (χ1v) is 9.83. The van der Waals surface area contributed by atoms with E-state index in [2.05, 4.69) is 10.3 Å². The van der Waals surface area contributed by atoms with Crippen LogP contribution in [0.25, 0.3) is 10.9 Å². The van der Waals surface area contributed by atoms with Crippen molar-refractivity contribution in [2.45, 2.75) is 12.5 Å². The average Bonchev–Trinajstić information content (AvgIpc) is 2.67. The highest BCUT2D eigenvalue weighted by Crippen LogP contribution is 2.18. The van der Waals surface area contributed by atoms with Crippen LogP contribution in [0.2, 0.25) is 5.02 Å². The van der Waals surface area contributed by atoms with Crippen molar-refractivity contribution in [3.05, 3.63) is 81.1 Å². The van der Waals surface area contributed by atoms with Crippen LogP contribution in [0.5, 0.6) is 0 Å². The van der Waals surface area contributed by atoms with Crippen LogP contribution in [-0.2, 0) is 11.2 Å². The number of aromatic nitrogens is 1. The van der Waals surface area contributed by atoms with Gasteiger partial charge < -0.3 is 10.3 Å². The zero-order valence-electron chi connectivity index (χ0n) is 14.5. The maximum absolute atomic E-state index is 12.5. The van der Waals surface area contributed by atoms with E-state index in [0.29, 0.717) is 21.7 Å². The zero-order chi connectivity index (χ0) is 19.4. The lowest BCUT2D eigenvalue weighted by Gasteiger charge is -2.18. The summed E-state index contributed by atoms with van der Waals surface area (Å²) in [5, 5.41) is 3.96. The highest BCUT2D eigenvalue weighted by molar-refractivity contribution is 8.13. The van der Waals surface area contributed by atoms with Gasteiger partial charge in [0.15, 0.2) is 0 Å². The number of amides is 1. The number of hydrogen-bond acceptors (Lipinski definition) is 4. The van der Waals surface area contributed by atoms with E-state index >= 15 is 0 Å². The third kappa shape index (κ3) is 4.59. The van der Waals surface area contributed by atoms with Gasteiger partial charge in [0.2, 0.25) is 10.7 Å². The van der Waals surface area contributed by atoms with Crippen LogP contribution < -0.4 is 10.9 Å². The topological polar surface area (TPSA) is 79.0 Å². The zero-order valence-corrected chi connectivity index (χ0v) is 16.1. The van der Waals surface area contributed by atoms with E-state index < -0.39 is 6.04 Å². The minimum Gasteiger partial charge on any atom is -0.341 e. The first-order valence-electron chi connectivity index (χ1n) is 8.23. The monoisotopic (exact) mass is 400 g/mol. The van der Waals surface area contributed by atoms with Gasteiger partial charge in [0.05, 0.1) is 0 Å². The van der Waals surface area contributed by atoms with E-state index in [4.69, 9.17) is 11.6 Å². The lowest BCUT2D eigenvalue weighted by molar-refractivity contribution is -0.112. The number of halogens is 1. The second-order valence-corrected chi connectivity index (χ2v) is 7.21. The van der Waals surface area contributed by atoms with Crippen LogP contribution in [0.4, 0.5) is 0 Å². The summed E-state index contributed by atoms with van der Waals surface area (Å²) in [5.41, 5.74) is 1.56. The molecule has 0 saturated heterocycles. The van der Waals surface area contributed by atoms with Gasteiger partial charge in [-0.2, -0.15) is 0 Å². The van der Waals surface area contributed by atoms with E-state index in [0.717, 1.165) is 17.1 Å². The predicted molar refractivity (Wildman–Crippen MR) is 110 cm³/mol. The SMILES string of the molecule is CSC(=O)C(Cc1cc(=O)[nH]c2ccccc12)NC(=O)c1ccc(Cl)cc1. The number of thioether (sulfide) groups is 1. The maximum atomic E-state index is 12.5. The highest BCUT2D eigenvalue weighted by atomic mass is 35.5. The van der Waals surface area contributed by atoms with Gasteiger partial charge in [-0.15, -0.1) is 0 Å². The van der Waals surface area contributed by atoms with Crippen LogP contribution in [0, 0.1) is 0 Å². The second kappa shape index (κ2) is 8.41. The average molecular weight is 401 g/mol. The maximum Gasteiger partial charge on any atom is 0.251 e. The molecule has 0 spiro atoms. The van der Waals surface area contributed by atoms with E-state index in [-0.39, 0.29) is 23.0 Å². The first kappa shape index (κ1) is 19.2. The van der Waals surface area contributed by atoms with E-state index in [1.54, 1.807) is 36.6 Å². The van der Waals surface area contributed by atoms with Gasteiger partial charge in [-0.25, -0.2) is 0 Å². The summed E-state index contributed by atoms with van der Waals surface area (Å²) >= 11 is 6.89. The fourth-order valence-electron chi connectivity index (χ4n) is 2.84. The Bertz CT molecular complexity index is 1050. The molecule has 1 atom stereocenters. The molecule has 3 aromatic rings. The minimum absolute atomic E-state index is 0.179. The molecule has 1 aromatic heterocycles. The molecule has 2 N–H and O–H groups in total. The fraction of sp³-hybridized carbons (Fsp3) is 0.150. The second-order valence-electron chi connectivity index (χ2n) is 5.96. The number of rotatable bonds is 5. The van der Waals surface area contributed by atoms with Crippen molar-refractivity contribution in [1.29, 1.82) is 0 Å². The van der Waals surface area contributed by atoms with E-state index in [9.17, 15) is 14.4 Å². The number of H-pyrrole nitrogens is 1. The number of fused-ring (bicyclic) bond motifs is 1. The third-order valence-corrected chi connectivity index (χ3v) is 5.10. The van der Waals surface area contributed by atoms with Gasteiger partial charge in [0.1, 0.15) is 6.04 Å². The quantitative estimate of drug-likeness (QED) is 0.687. The number of hydrogen-bond donors (Lipinski definition) is 2. The number of para-hydroxylation sites is 1. The summed E-state index contributed by atoms with van der Waals surface area (Å²) in [5.74, 6) is -0.367. The smallest absolute Gasteiger partial charge is 0.251 e. The summed E-state index contributed by atoms with van der Waals surface area (Å²) in [6, 6.07) is 14.5. The molecule has 0 bridgehead atoms. The number of pyridine rings is 1. The van der Waals surface area contributed by atoms with Crippen LogP contribution in [0.1, 0.15) is 15.9 Å². The molecule has 0 aliphatic rings. The Balaban J connectivity index is 1.90. The molecule has 1 heterocycles. The van der Waals surface area contributed by atoms with Crippen molar-refractivity contribution in [3.8, 4) is 0 Å². The van der Waals surface area contributed by atoms with Crippen molar-refractivity contribution < 1.29 is 9.59 Å². The van der Waals surface area contributed by atoms with Crippen LogP contribution >= 0.6 is 23.4 Å². The molecule has 5 nitrogen and oxygen atoms in total. The molecule has 1 unspecified atom stereocenters. The molecule has 7 heteroatoms. The van der Waals surface area contributed by atoms with Crippen molar-refractivity contribution in [2.24, 2.45) is 0 Å². The number of carbonyl (C=O) groups is 2. The lowest BCUT2D eigenvalue weighted by atomic mass is 10.0. The normalized spacial score (nSPS) is 11.9. The Morgan fingerprint density at radius 3 is 2.56 bits per heavy atom. The van der Waals surface area contributed by atoms with Crippen molar-refractivity contribution in [1.82, 2.24) is 10.3 Å². The Morgan fingerprint density at radius 1 is 1.15 bits per heavy atom. The van der Waals surface area contributed by atoms with Crippen molar-refractivity contribution in [2.75, 3.05) is 6.26 Å².